The Labute approximate surface area is 163 Å². The third kappa shape index (κ3) is 4.92. The summed E-state index contributed by atoms with van der Waals surface area (Å²) in [5, 5.41) is 6.69. The molecule has 1 amide bonds. The first kappa shape index (κ1) is 20.4. The molecular formula is C20H17F4N3O2. The SMILES string of the molecule is Cc1c(C(=O)NCCOc2ccc(F)cc2)cnn1-c1cccc(C(F)(F)F)c1. The first-order valence-electron chi connectivity index (χ1n) is 8.64. The van der Waals surface area contributed by atoms with Gasteiger partial charge < -0.3 is 10.1 Å². The van der Waals surface area contributed by atoms with Crippen molar-refractivity contribution < 1.29 is 27.1 Å². The minimum atomic E-state index is -4.47. The third-order valence-electron chi connectivity index (χ3n) is 4.14. The average molecular weight is 407 g/mol. The van der Waals surface area contributed by atoms with E-state index in [0.717, 1.165) is 12.1 Å². The summed E-state index contributed by atoms with van der Waals surface area (Å²) in [4.78, 5) is 12.3. The molecule has 1 heterocycles. The number of benzene rings is 2. The summed E-state index contributed by atoms with van der Waals surface area (Å²) in [6.45, 7) is 1.94. The summed E-state index contributed by atoms with van der Waals surface area (Å²) in [6, 6.07) is 10.2. The summed E-state index contributed by atoms with van der Waals surface area (Å²) in [7, 11) is 0. The Morgan fingerprint density at radius 1 is 1.17 bits per heavy atom. The van der Waals surface area contributed by atoms with Crippen LogP contribution in [0.1, 0.15) is 21.6 Å². The van der Waals surface area contributed by atoms with E-state index in [1.54, 1.807) is 6.92 Å². The molecule has 3 rings (SSSR count). The molecule has 2 aromatic carbocycles. The van der Waals surface area contributed by atoms with Crippen molar-refractivity contribution in [1.29, 1.82) is 0 Å². The van der Waals surface area contributed by atoms with E-state index in [1.807, 2.05) is 0 Å². The maximum absolute atomic E-state index is 12.9. The fourth-order valence-electron chi connectivity index (χ4n) is 2.67. The lowest BCUT2D eigenvalue weighted by atomic mass is 10.2. The van der Waals surface area contributed by atoms with Crippen LogP contribution in [0.25, 0.3) is 5.69 Å². The van der Waals surface area contributed by atoms with Crippen molar-refractivity contribution in [2.24, 2.45) is 0 Å². The highest BCUT2D eigenvalue weighted by atomic mass is 19.4. The standard InChI is InChI=1S/C20H17F4N3O2/c1-13-18(19(28)25-9-10-29-17-7-5-15(21)6-8-17)12-26-27(13)16-4-2-3-14(11-16)20(22,23)24/h2-8,11-12H,9-10H2,1H3,(H,25,28). The highest BCUT2D eigenvalue weighted by Crippen LogP contribution is 2.30. The van der Waals surface area contributed by atoms with Gasteiger partial charge in [-0.3, -0.25) is 4.79 Å². The predicted molar refractivity (Wildman–Crippen MR) is 97.5 cm³/mol. The highest BCUT2D eigenvalue weighted by Gasteiger charge is 2.30. The quantitative estimate of drug-likeness (QED) is 0.494. The lowest BCUT2D eigenvalue weighted by Gasteiger charge is -2.10. The van der Waals surface area contributed by atoms with Crippen molar-refractivity contribution in [2.45, 2.75) is 13.1 Å². The van der Waals surface area contributed by atoms with Crippen molar-refractivity contribution in [3.63, 3.8) is 0 Å². The number of alkyl halides is 3. The van der Waals surface area contributed by atoms with Gasteiger partial charge in [0.25, 0.3) is 5.91 Å². The van der Waals surface area contributed by atoms with Gasteiger partial charge in [0, 0.05) is 0 Å². The van der Waals surface area contributed by atoms with Crippen LogP contribution >= 0.6 is 0 Å². The second kappa shape index (κ2) is 8.34. The van der Waals surface area contributed by atoms with E-state index in [1.165, 1.54) is 47.3 Å². The lowest BCUT2D eigenvalue weighted by Crippen LogP contribution is -2.28. The molecule has 0 unspecified atom stereocenters. The monoisotopic (exact) mass is 407 g/mol. The summed E-state index contributed by atoms with van der Waals surface area (Å²) in [6.07, 6.45) is -3.17. The second-order valence-corrected chi connectivity index (χ2v) is 6.16. The van der Waals surface area contributed by atoms with Crippen LogP contribution in [0.5, 0.6) is 5.75 Å². The van der Waals surface area contributed by atoms with Crippen LogP contribution in [0, 0.1) is 12.7 Å². The van der Waals surface area contributed by atoms with E-state index < -0.39 is 17.6 Å². The van der Waals surface area contributed by atoms with Crippen LogP contribution in [0.15, 0.2) is 54.7 Å². The summed E-state index contributed by atoms with van der Waals surface area (Å²) in [5.74, 6) is -0.337. The maximum atomic E-state index is 12.9. The first-order chi connectivity index (χ1) is 13.8. The molecule has 0 atom stereocenters. The zero-order chi connectivity index (χ0) is 21.0. The number of hydrogen-bond acceptors (Lipinski definition) is 3. The van der Waals surface area contributed by atoms with E-state index in [2.05, 4.69) is 10.4 Å². The minimum Gasteiger partial charge on any atom is -0.492 e. The van der Waals surface area contributed by atoms with E-state index >= 15 is 0 Å². The van der Waals surface area contributed by atoms with E-state index in [-0.39, 0.29) is 30.2 Å². The molecule has 3 aromatic rings. The molecule has 9 heteroatoms. The van der Waals surface area contributed by atoms with Crippen LogP contribution in [0.4, 0.5) is 17.6 Å². The number of rotatable bonds is 6. The smallest absolute Gasteiger partial charge is 0.416 e. The number of amides is 1. The largest absolute Gasteiger partial charge is 0.492 e. The van der Waals surface area contributed by atoms with Crippen LogP contribution in [0.3, 0.4) is 0 Å². The maximum Gasteiger partial charge on any atom is 0.416 e. The summed E-state index contributed by atoms with van der Waals surface area (Å²) < 4.78 is 58.2. The number of carbonyl (C=O) groups excluding carboxylic acids is 1. The Morgan fingerprint density at radius 3 is 2.59 bits per heavy atom. The van der Waals surface area contributed by atoms with Gasteiger partial charge in [-0.05, 0) is 49.4 Å². The molecule has 0 saturated heterocycles. The van der Waals surface area contributed by atoms with Crippen molar-refractivity contribution in [1.82, 2.24) is 15.1 Å². The molecule has 0 saturated carbocycles. The number of aromatic nitrogens is 2. The van der Waals surface area contributed by atoms with Gasteiger partial charge in [0.15, 0.2) is 0 Å². The molecule has 0 spiro atoms. The highest BCUT2D eigenvalue weighted by molar-refractivity contribution is 5.95. The number of halogens is 4. The van der Waals surface area contributed by atoms with Gasteiger partial charge in [-0.15, -0.1) is 0 Å². The topological polar surface area (TPSA) is 56.1 Å². The molecule has 1 N–H and O–H groups in total. The lowest BCUT2D eigenvalue weighted by molar-refractivity contribution is -0.137. The van der Waals surface area contributed by atoms with Crippen LogP contribution < -0.4 is 10.1 Å². The van der Waals surface area contributed by atoms with Crippen LogP contribution in [-0.4, -0.2) is 28.8 Å². The Hall–Kier alpha value is -3.36. The number of nitrogens with one attached hydrogen (secondary N) is 1. The average Bonchev–Trinajstić information content (AvgIpc) is 3.07. The number of carbonyl (C=O) groups is 1. The minimum absolute atomic E-state index is 0.165. The Kier molecular flexibility index (Phi) is 5.86. The van der Waals surface area contributed by atoms with Gasteiger partial charge >= 0.3 is 6.18 Å². The molecule has 0 radical (unpaired) electrons. The molecule has 0 aliphatic carbocycles. The summed E-state index contributed by atoms with van der Waals surface area (Å²) >= 11 is 0. The van der Waals surface area contributed by atoms with E-state index in [9.17, 15) is 22.4 Å². The van der Waals surface area contributed by atoms with E-state index in [0.29, 0.717) is 11.4 Å². The van der Waals surface area contributed by atoms with Crippen molar-refractivity contribution >= 4 is 5.91 Å². The van der Waals surface area contributed by atoms with Gasteiger partial charge in [0.1, 0.15) is 18.2 Å². The number of ether oxygens (including phenoxy) is 1. The molecule has 0 aliphatic rings. The first-order valence-corrected chi connectivity index (χ1v) is 8.64. The van der Waals surface area contributed by atoms with Gasteiger partial charge in [0.2, 0.25) is 0 Å². The Balaban J connectivity index is 1.63. The number of hydrogen-bond donors (Lipinski definition) is 1. The van der Waals surface area contributed by atoms with Gasteiger partial charge in [-0.1, -0.05) is 6.07 Å². The van der Waals surface area contributed by atoms with Crippen molar-refractivity contribution in [3.05, 3.63) is 77.4 Å². The zero-order valence-electron chi connectivity index (χ0n) is 15.3. The normalized spacial score (nSPS) is 11.3. The molecule has 5 nitrogen and oxygen atoms in total. The molecule has 1 aromatic heterocycles. The van der Waals surface area contributed by atoms with Crippen molar-refractivity contribution in [2.75, 3.05) is 13.2 Å². The van der Waals surface area contributed by atoms with Gasteiger partial charge in [-0.25, -0.2) is 9.07 Å². The number of nitrogens with zero attached hydrogens (tertiary/aromatic N) is 2. The Bertz CT molecular complexity index is 998. The predicted octanol–water partition coefficient (Wildman–Crippen LogP) is 4.15. The summed E-state index contributed by atoms with van der Waals surface area (Å²) in [5.41, 5.74) is 0.0512. The fraction of sp³-hybridized carbons (Fsp3) is 0.200. The molecule has 29 heavy (non-hydrogen) atoms. The van der Waals surface area contributed by atoms with Gasteiger partial charge in [-0.2, -0.15) is 18.3 Å². The van der Waals surface area contributed by atoms with Crippen LogP contribution in [-0.2, 0) is 6.18 Å². The fourth-order valence-corrected chi connectivity index (χ4v) is 2.67. The molecule has 0 bridgehead atoms. The van der Waals surface area contributed by atoms with Crippen molar-refractivity contribution in [3.8, 4) is 11.4 Å². The Morgan fingerprint density at radius 2 is 1.90 bits per heavy atom. The van der Waals surface area contributed by atoms with E-state index in [4.69, 9.17) is 4.74 Å². The second-order valence-electron chi connectivity index (χ2n) is 6.16. The molecular weight excluding hydrogens is 390 g/mol. The molecule has 0 aliphatic heterocycles. The molecule has 152 valence electrons. The zero-order valence-corrected chi connectivity index (χ0v) is 15.3. The molecule has 0 fully saturated rings. The van der Waals surface area contributed by atoms with Crippen LogP contribution in [0.2, 0.25) is 0 Å². The third-order valence-corrected chi connectivity index (χ3v) is 4.14. The van der Waals surface area contributed by atoms with Gasteiger partial charge in [0.05, 0.1) is 35.2 Å².